The second-order valence-electron chi connectivity index (χ2n) is 0. The second-order valence-corrected chi connectivity index (χ2v) is 0. The fourth-order valence-electron chi connectivity index (χ4n) is 0. The summed E-state index contributed by atoms with van der Waals surface area (Å²) in [7, 11) is 0. The molecule has 0 N–H and O–H groups in total. The Labute approximate surface area is 60.5 Å². The van der Waals surface area contributed by atoms with Crippen molar-refractivity contribution in [2.45, 2.75) is 0 Å². The van der Waals surface area contributed by atoms with E-state index in [1.807, 2.05) is 0 Å². The van der Waals surface area contributed by atoms with Gasteiger partial charge in [-0.05, 0) is 0 Å². The summed E-state index contributed by atoms with van der Waals surface area (Å²) in [6, 6.07) is 0. The van der Waals surface area contributed by atoms with E-state index in [1.165, 1.54) is 0 Å². The van der Waals surface area contributed by atoms with Crippen molar-refractivity contribution in [1.29, 1.82) is 0 Å². The van der Waals surface area contributed by atoms with Gasteiger partial charge in [0.05, 0.1) is 0 Å². The van der Waals surface area contributed by atoms with Crippen LogP contribution in [0, 0.1) is 0 Å². The molecule has 0 rings (SSSR count). The van der Waals surface area contributed by atoms with E-state index in [2.05, 4.69) is 23.3 Å². The van der Waals surface area contributed by atoms with Gasteiger partial charge in [0.1, 0.15) is 0 Å². The van der Waals surface area contributed by atoms with Crippen molar-refractivity contribution in [1.82, 2.24) is 0 Å². The maximum atomic E-state index is 3.22. The first-order valence-electron chi connectivity index (χ1n) is 0.200. The molecule has 0 aliphatic rings. The van der Waals surface area contributed by atoms with E-state index in [0.717, 1.165) is 0 Å². The van der Waals surface area contributed by atoms with E-state index in [0.29, 0.717) is 0 Å². The van der Waals surface area contributed by atoms with Crippen LogP contribution < -0.4 is 18.9 Å². The van der Waals surface area contributed by atoms with Crippen LogP contribution in [0.25, 0.3) is 0 Å². The van der Waals surface area contributed by atoms with Crippen LogP contribution in [0.1, 0.15) is 1.43 Å². The van der Waals surface area contributed by atoms with E-state index >= 15 is 0 Å². The van der Waals surface area contributed by atoms with Gasteiger partial charge in [0.2, 0.25) is 0 Å². The van der Waals surface area contributed by atoms with Crippen LogP contribution in [0.5, 0.6) is 0 Å². The zero-order valence-corrected chi connectivity index (χ0v) is 5.14. The van der Waals surface area contributed by atoms with Gasteiger partial charge in [0.25, 0.3) is 0 Å². The predicted molar refractivity (Wildman–Crippen MR) is 19.1 cm³/mol. The molecule has 0 aromatic carbocycles. The number of thiol groups is 2. The molecule has 0 saturated heterocycles. The second kappa shape index (κ2) is 21.3. The van der Waals surface area contributed by atoms with Crippen molar-refractivity contribution in [3.63, 3.8) is 0 Å². The van der Waals surface area contributed by atoms with Crippen LogP contribution in [0.4, 0.5) is 0 Å². The standard InChI is InChI=1S/Fe.Li.H2S2.H/c;;1-2;/h;;1-2H;/q;+1;;-1. The Bertz CT molecular complexity index is 9.61. The van der Waals surface area contributed by atoms with Crippen LogP contribution in [-0.2, 0) is 17.1 Å². The molecule has 0 fully saturated rings. The molecular weight excluding hydrogens is 127 g/mol. The van der Waals surface area contributed by atoms with Crippen molar-refractivity contribution in [2.75, 3.05) is 0 Å². The van der Waals surface area contributed by atoms with E-state index in [1.54, 1.807) is 0 Å². The third-order valence-electron chi connectivity index (χ3n) is 0. The molecule has 0 nitrogen and oxygen atoms in total. The molecule has 0 atom stereocenters. The topological polar surface area (TPSA) is 0 Å². The smallest absolute Gasteiger partial charge is 1.00 e. The average Bonchev–Trinajstić information content (AvgIpc) is 1.00. The van der Waals surface area contributed by atoms with Gasteiger partial charge in [-0.2, -0.15) is 0 Å². The molecule has 4 heteroatoms. The van der Waals surface area contributed by atoms with Crippen molar-refractivity contribution in [3.8, 4) is 0 Å². The molecular formula is H3FeLiS2. The fraction of sp³-hybridized carbons (Fsp3) is 0. The molecule has 0 spiro atoms. The largest absolute Gasteiger partial charge is 1.00 e. The van der Waals surface area contributed by atoms with Gasteiger partial charge in [-0.1, -0.05) is 0 Å². The summed E-state index contributed by atoms with van der Waals surface area (Å²) in [6.07, 6.45) is 0. The summed E-state index contributed by atoms with van der Waals surface area (Å²) >= 11 is 6.44. The SMILES string of the molecule is SS.[Fe].[H-].[Li+]. The summed E-state index contributed by atoms with van der Waals surface area (Å²) in [4.78, 5) is 0. The summed E-state index contributed by atoms with van der Waals surface area (Å²) < 4.78 is 0. The summed E-state index contributed by atoms with van der Waals surface area (Å²) in [6.45, 7) is 0. The van der Waals surface area contributed by atoms with Gasteiger partial charge in [-0.15, -0.1) is 23.3 Å². The van der Waals surface area contributed by atoms with Gasteiger partial charge >= 0.3 is 18.9 Å². The summed E-state index contributed by atoms with van der Waals surface area (Å²) in [5.41, 5.74) is 0. The van der Waals surface area contributed by atoms with Crippen molar-refractivity contribution in [3.05, 3.63) is 0 Å². The molecule has 24 valence electrons. The monoisotopic (exact) mass is 130 g/mol. The maximum absolute atomic E-state index is 3.22. The molecule has 0 aromatic heterocycles. The van der Waals surface area contributed by atoms with Gasteiger partial charge in [-0.3, -0.25) is 0 Å². The molecule has 0 aliphatic heterocycles. The van der Waals surface area contributed by atoms with Gasteiger partial charge in [0, 0.05) is 17.1 Å². The van der Waals surface area contributed by atoms with Crippen molar-refractivity contribution >= 4 is 23.3 Å². The van der Waals surface area contributed by atoms with Crippen LogP contribution in [0.2, 0.25) is 0 Å². The zero-order chi connectivity index (χ0) is 2.00. The first-order chi connectivity index (χ1) is 1.00. The molecule has 0 bridgehead atoms. The van der Waals surface area contributed by atoms with Crippen molar-refractivity contribution in [2.24, 2.45) is 0 Å². The molecule has 0 heterocycles. The number of rotatable bonds is 0. The van der Waals surface area contributed by atoms with E-state index in [-0.39, 0.29) is 37.4 Å². The van der Waals surface area contributed by atoms with Crippen molar-refractivity contribution < 1.29 is 37.4 Å². The number of hydrogen-bond acceptors (Lipinski definition) is 2. The van der Waals surface area contributed by atoms with E-state index < -0.39 is 0 Å². The molecule has 0 amide bonds. The van der Waals surface area contributed by atoms with E-state index in [4.69, 9.17) is 0 Å². The minimum absolute atomic E-state index is 0. The minimum Gasteiger partial charge on any atom is -1.00 e. The normalized spacial score (nSPS) is 1.50. The average molecular weight is 130 g/mol. The Hall–Kier alpha value is 1.82. The number of hydrogen-bond donors (Lipinski definition) is 2. The molecule has 0 saturated carbocycles. The molecule has 4 heavy (non-hydrogen) atoms. The van der Waals surface area contributed by atoms with Gasteiger partial charge in [0.15, 0.2) is 0 Å². The maximum Gasteiger partial charge on any atom is 1.00 e. The Kier molecular flexibility index (Phi) is 90.4. The predicted octanol–water partition coefficient (Wildman–Crippen LogP) is -2.12. The summed E-state index contributed by atoms with van der Waals surface area (Å²) in [5.74, 6) is 0. The van der Waals surface area contributed by atoms with Gasteiger partial charge < -0.3 is 1.43 Å². The first-order valence-corrected chi connectivity index (χ1v) is 1.80. The Morgan fingerprint density at radius 3 is 1.25 bits per heavy atom. The third-order valence-corrected chi connectivity index (χ3v) is 0. The molecule has 0 radical (unpaired) electrons. The molecule has 0 unspecified atom stereocenters. The first kappa shape index (κ1) is 17.0. The van der Waals surface area contributed by atoms with Crippen LogP contribution in [-0.4, -0.2) is 0 Å². The van der Waals surface area contributed by atoms with Crippen LogP contribution in [0.15, 0.2) is 0 Å². The van der Waals surface area contributed by atoms with Gasteiger partial charge in [-0.25, -0.2) is 0 Å². The third kappa shape index (κ3) is 9.17. The Morgan fingerprint density at radius 2 is 1.25 bits per heavy atom. The fourth-order valence-corrected chi connectivity index (χ4v) is 0. The zero-order valence-electron chi connectivity index (χ0n) is 3.25. The Morgan fingerprint density at radius 1 is 1.25 bits per heavy atom. The van der Waals surface area contributed by atoms with E-state index in [9.17, 15) is 0 Å². The summed E-state index contributed by atoms with van der Waals surface area (Å²) in [5, 5.41) is 0. The minimum atomic E-state index is 0. The quantitative estimate of drug-likeness (QED) is 0.209. The molecule has 0 aromatic rings. The van der Waals surface area contributed by atoms with Crippen LogP contribution >= 0.6 is 23.3 Å². The Balaban J connectivity index is -0.00000000167. The molecule has 0 aliphatic carbocycles. The van der Waals surface area contributed by atoms with Crippen LogP contribution in [0.3, 0.4) is 0 Å².